The maximum absolute atomic E-state index is 13.4. The molecule has 29 heavy (non-hydrogen) atoms. The number of nitrogens with one attached hydrogen (secondary N) is 2. The molecule has 144 valence electrons. The molecule has 3 aromatic rings. The Morgan fingerprint density at radius 2 is 1.62 bits per heavy atom. The fraction of sp³-hybridized carbons (Fsp3) is 0.167. The number of anilines is 2. The van der Waals surface area contributed by atoms with Crippen LogP contribution in [0.1, 0.15) is 35.9 Å². The van der Waals surface area contributed by atoms with Gasteiger partial charge >= 0.3 is 0 Å². The molecule has 0 unspecified atom stereocenters. The monoisotopic (exact) mass is 401 g/mol. The van der Waals surface area contributed by atoms with Gasteiger partial charge in [0.1, 0.15) is 0 Å². The van der Waals surface area contributed by atoms with Crippen LogP contribution in [0, 0.1) is 0 Å². The topological polar surface area (TPSA) is 54.0 Å². The fourth-order valence-corrected chi connectivity index (χ4v) is 4.61. The standard InChI is InChI=1S/C24H20ClN3O/c25-18-6-2-1-5-17(18)16-13-21-23(22(29)14-16)24(15-9-11-26-12-10-15)28-20-8-4-3-7-19(20)27-21/h1-12,16,24,27-28H,13-14H2/t16-,24+/m0/s1. The van der Waals surface area contributed by atoms with Crippen LogP contribution in [0.2, 0.25) is 5.02 Å². The lowest BCUT2D eigenvalue weighted by Crippen LogP contribution is -2.27. The van der Waals surface area contributed by atoms with Gasteiger partial charge in [0.05, 0.1) is 17.4 Å². The Morgan fingerprint density at radius 3 is 2.41 bits per heavy atom. The first-order valence-corrected chi connectivity index (χ1v) is 10.1. The van der Waals surface area contributed by atoms with Gasteiger partial charge in [0.25, 0.3) is 0 Å². The minimum absolute atomic E-state index is 0.0609. The molecular weight excluding hydrogens is 382 g/mol. The maximum Gasteiger partial charge on any atom is 0.163 e. The Labute approximate surface area is 174 Å². The number of benzene rings is 2. The first kappa shape index (κ1) is 18.0. The van der Waals surface area contributed by atoms with Crippen molar-refractivity contribution in [3.8, 4) is 0 Å². The number of allylic oxidation sites excluding steroid dienone is 1. The molecule has 0 fully saturated rings. The van der Waals surface area contributed by atoms with Gasteiger partial charge in [-0.2, -0.15) is 0 Å². The fourth-order valence-electron chi connectivity index (χ4n) is 4.32. The van der Waals surface area contributed by atoms with Gasteiger partial charge in [0, 0.05) is 35.1 Å². The number of pyridine rings is 1. The number of nitrogens with zero attached hydrogens (tertiary/aromatic N) is 1. The van der Waals surface area contributed by atoms with E-state index >= 15 is 0 Å². The molecule has 2 aromatic carbocycles. The molecule has 1 aliphatic heterocycles. The second kappa shape index (κ2) is 7.37. The van der Waals surface area contributed by atoms with E-state index in [0.717, 1.165) is 40.2 Å². The highest BCUT2D eigenvalue weighted by Crippen LogP contribution is 2.45. The van der Waals surface area contributed by atoms with Gasteiger partial charge in [-0.15, -0.1) is 0 Å². The van der Waals surface area contributed by atoms with E-state index < -0.39 is 0 Å². The Kier molecular flexibility index (Phi) is 4.57. The summed E-state index contributed by atoms with van der Waals surface area (Å²) in [6.07, 6.45) is 4.72. The molecule has 2 heterocycles. The second-order valence-corrected chi connectivity index (χ2v) is 7.88. The number of hydrogen-bond acceptors (Lipinski definition) is 4. The van der Waals surface area contributed by atoms with Crippen LogP contribution in [0.5, 0.6) is 0 Å². The lowest BCUT2D eigenvalue weighted by atomic mass is 9.78. The van der Waals surface area contributed by atoms with Crippen molar-refractivity contribution in [1.82, 2.24) is 4.98 Å². The molecule has 1 aliphatic carbocycles. The van der Waals surface area contributed by atoms with Gasteiger partial charge < -0.3 is 10.6 Å². The van der Waals surface area contributed by atoms with E-state index in [9.17, 15) is 4.79 Å². The Morgan fingerprint density at radius 1 is 0.897 bits per heavy atom. The smallest absolute Gasteiger partial charge is 0.163 e. The molecule has 4 nitrogen and oxygen atoms in total. The lowest BCUT2D eigenvalue weighted by molar-refractivity contribution is -0.116. The van der Waals surface area contributed by atoms with Gasteiger partial charge in [0.2, 0.25) is 0 Å². The number of aromatic nitrogens is 1. The van der Waals surface area contributed by atoms with Crippen LogP contribution in [-0.2, 0) is 4.79 Å². The van der Waals surface area contributed by atoms with Crippen molar-refractivity contribution in [2.75, 3.05) is 10.6 Å². The van der Waals surface area contributed by atoms with E-state index in [2.05, 4.69) is 15.6 Å². The third-order valence-electron chi connectivity index (χ3n) is 5.69. The molecule has 2 N–H and O–H groups in total. The highest BCUT2D eigenvalue weighted by molar-refractivity contribution is 6.31. The molecule has 0 saturated carbocycles. The van der Waals surface area contributed by atoms with E-state index in [-0.39, 0.29) is 17.7 Å². The van der Waals surface area contributed by atoms with Gasteiger partial charge in [-0.1, -0.05) is 41.9 Å². The number of Topliss-reactive ketones (excluding diaryl/α,β-unsaturated/α-hetero) is 1. The van der Waals surface area contributed by atoms with Crippen molar-refractivity contribution in [2.24, 2.45) is 0 Å². The largest absolute Gasteiger partial charge is 0.372 e. The Balaban J connectivity index is 1.62. The van der Waals surface area contributed by atoms with Gasteiger partial charge in [-0.05, 0) is 53.8 Å². The number of halogens is 1. The van der Waals surface area contributed by atoms with Gasteiger partial charge in [-0.3, -0.25) is 9.78 Å². The lowest BCUT2D eigenvalue weighted by Gasteiger charge is -2.30. The third-order valence-corrected chi connectivity index (χ3v) is 6.04. The number of rotatable bonds is 2. The quantitative estimate of drug-likeness (QED) is 0.577. The van der Waals surface area contributed by atoms with Crippen molar-refractivity contribution in [2.45, 2.75) is 24.8 Å². The minimum Gasteiger partial charge on any atom is -0.372 e. The van der Waals surface area contributed by atoms with Crippen molar-refractivity contribution in [3.05, 3.63) is 100 Å². The molecule has 5 heteroatoms. The normalized spacial score (nSPS) is 20.8. The summed E-state index contributed by atoms with van der Waals surface area (Å²) in [5.74, 6) is 0.205. The van der Waals surface area contributed by atoms with E-state index in [4.69, 9.17) is 11.6 Å². The number of carbonyl (C=O) groups excluding carboxylic acids is 1. The zero-order valence-electron chi connectivity index (χ0n) is 15.7. The predicted octanol–water partition coefficient (Wildman–Crippen LogP) is 5.71. The molecule has 5 rings (SSSR count). The number of carbonyl (C=O) groups is 1. The summed E-state index contributed by atoms with van der Waals surface area (Å²) in [5.41, 5.74) is 5.77. The molecular formula is C24H20ClN3O. The van der Waals surface area contributed by atoms with E-state index in [1.54, 1.807) is 12.4 Å². The van der Waals surface area contributed by atoms with Crippen LogP contribution in [-0.4, -0.2) is 10.8 Å². The zero-order valence-corrected chi connectivity index (χ0v) is 16.5. The van der Waals surface area contributed by atoms with Crippen molar-refractivity contribution in [1.29, 1.82) is 0 Å². The molecule has 0 saturated heterocycles. The van der Waals surface area contributed by atoms with Gasteiger partial charge in [-0.25, -0.2) is 0 Å². The summed E-state index contributed by atoms with van der Waals surface area (Å²) in [6, 6.07) is 19.6. The highest BCUT2D eigenvalue weighted by atomic mass is 35.5. The molecule has 1 aromatic heterocycles. The molecule has 0 spiro atoms. The van der Waals surface area contributed by atoms with Crippen molar-refractivity contribution < 1.29 is 4.79 Å². The van der Waals surface area contributed by atoms with E-state index in [1.165, 1.54) is 0 Å². The summed E-state index contributed by atoms with van der Waals surface area (Å²) in [7, 11) is 0. The minimum atomic E-state index is -0.219. The second-order valence-electron chi connectivity index (χ2n) is 7.47. The van der Waals surface area contributed by atoms with E-state index in [1.807, 2.05) is 60.7 Å². The van der Waals surface area contributed by atoms with Crippen LogP contribution in [0.15, 0.2) is 84.3 Å². The summed E-state index contributed by atoms with van der Waals surface area (Å²) < 4.78 is 0. The van der Waals surface area contributed by atoms with E-state index in [0.29, 0.717) is 11.4 Å². The average Bonchev–Trinajstić information content (AvgIpc) is 2.91. The number of fused-ring (bicyclic) bond motifs is 1. The highest BCUT2D eigenvalue weighted by Gasteiger charge is 2.36. The van der Waals surface area contributed by atoms with Crippen LogP contribution in [0.4, 0.5) is 11.4 Å². The molecule has 2 aliphatic rings. The molecule has 0 radical (unpaired) electrons. The predicted molar refractivity (Wildman–Crippen MR) is 116 cm³/mol. The Hall–Kier alpha value is -3.11. The Bertz CT molecular complexity index is 1110. The average molecular weight is 402 g/mol. The number of hydrogen-bond donors (Lipinski definition) is 2. The summed E-state index contributed by atoms with van der Waals surface area (Å²) in [5, 5.41) is 7.84. The van der Waals surface area contributed by atoms with Crippen molar-refractivity contribution >= 4 is 28.8 Å². The van der Waals surface area contributed by atoms with Crippen LogP contribution in [0.3, 0.4) is 0 Å². The van der Waals surface area contributed by atoms with Crippen molar-refractivity contribution in [3.63, 3.8) is 0 Å². The molecule has 0 bridgehead atoms. The maximum atomic E-state index is 13.4. The zero-order chi connectivity index (χ0) is 19.8. The SMILES string of the molecule is O=C1C[C@@H](c2ccccc2Cl)CC2=C1[C@@H](c1ccncc1)Nc1ccccc1N2. The number of ketones is 1. The molecule has 0 amide bonds. The third kappa shape index (κ3) is 3.30. The van der Waals surface area contributed by atoms with Crippen LogP contribution in [0.25, 0.3) is 0 Å². The summed E-state index contributed by atoms with van der Waals surface area (Å²) in [4.78, 5) is 17.5. The molecule has 2 atom stereocenters. The van der Waals surface area contributed by atoms with Gasteiger partial charge in [0.15, 0.2) is 5.78 Å². The number of para-hydroxylation sites is 2. The first-order chi connectivity index (χ1) is 14.2. The van der Waals surface area contributed by atoms with Crippen LogP contribution >= 0.6 is 11.6 Å². The summed E-state index contributed by atoms with van der Waals surface area (Å²) >= 11 is 6.45. The first-order valence-electron chi connectivity index (χ1n) is 9.74. The van der Waals surface area contributed by atoms with Crippen LogP contribution < -0.4 is 10.6 Å². The summed E-state index contributed by atoms with van der Waals surface area (Å²) in [6.45, 7) is 0.